The number of nitrogens with one attached hydrogen (secondary N) is 1. The summed E-state index contributed by atoms with van der Waals surface area (Å²) in [7, 11) is 1.51. The number of rotatable bonds is 6. The standard InChI is InChI=1S/C13H16N2O3/c1-4-6-10(5-2)14-12-9-11(18-3)7-8-13(12)15(16)17/h2,7-10,14H,4,6H2,1,3H3. The molecule has 1 N–H and O–H groups in total. The molecule has 0 aliphatic carbocycles. The van der Waals surface area contributed by atoms with Crippen LogP contribution in [0, 0.1) is 22.5 Å². The van der Waals surface area contributed by atoms with Gasteiger partial charge in [-0.1, -0.05) is 19.3 Å². The Bertz CT molecular complexity index is 466. The number of benzene rings is 1. The van der Waals surface area contributed by atoms with Crippen LogP contribution in [-0.4, -0.2) is 18.1 Å². The number of terminal acetylenes is 1. The minimum absolute atomic E-state index is 0.00727. The predicted molar refractivity (Wildman–Crippen MR) is 70.8 cm³/mol. The second-order valence-corrected chi connectivity index (χ2v) is 3.79. The van der Waals surface area contributed by atoms with Gasteiger partial charge in [0.15, 0.2) is 0 Å². The fourth-order valence-electron chi connectivity index (χ4n) is 1.59. The minimum atomic E-state index is -0.443. The van der Waals surface area contributed by atoms with Gasteiger partial charge in [-0.15, -0.1) is 6.42 Å². The minimum Gasteiger partial charge on any atom is -0.497 e. The van der Waals surface area contributed by atoms with E-state index in [2.05, 4.69) is 11.2 Å². The second kappa shape index (κ2) is 6.50. The zero-order valence-corrected chi connectivity index (χ0v) is 10.5. The van der Waals surface area contributed by atoms with Crippen molar-refractivity contribution in [3.63, 3.8) is 0 Å². The first kappa shape index (κ1) is 13.8. The summed E-state index contributed by atoms with van der Waals surface area (Å²) in [6, 6.07) is 4.31. The maximum Gasteiger partial charge on any atom is 0.292 e. The van der Waals surface area contributed by atoms with E-state index in [1.807, 2.05) is 6.92 Å². The van der Waals surface area contributed by atoms with E-state index in [1.165, 1.54) is 13.2 Å². The molecule has 1 rings (SSSR count). The predicted octanol–water partition coefficient (Wildman–Crippen LogP) is 2.82. The average Bonchev–Trinajstić information content (AvgIpc) is 2.37. The number of methoxy groups -OCH3 is 1. The molecular weight excluding hydrogens is 232 g/mol. The molecule has 0 aliphatic heterocycles. The van der Waals surface area contributed by atoms with E-state index >= 15 is 0 Å². The molecule has 1 atom stereocenters. The molecule has 0 aromatic heterocycles. The summed E-state index contributed by atoms with van der Waals surface area (Å²) in [5.41, 5.74) is 0.378. The molecule has 1 aromatic carbocycles. The summed E-state index contributed by atoms with van der Waals surface area (Å²) < 4.78 is 5.05. The zero-order chi connectivity index (χ0) is 13.5. The van der Waals surface area contributed by atoms with Gasteiger partial charge in [0.05, 0.1) is 18.1 Å². The van der Waals surface area contributed by atoms with Gasteiger partial charge >= 0.3 is 0 Å². The lowest BCUT2D eigenvalue weighted by atomic mass is 10.1. The van der Waals surface area contributed by atoms with Crippen molar-refractivity contribution in [2.45, 2.75) is 25.8 Å². The molecule has 0 bridgehead atoms. The van der Waals surface area contributed by atoms with E-state index in [-0.39, 0.29) is 11.7 Å². The lowest BCUT2D eigenvalue weighted by molar-refractivity contribution is -0.384. The highest BCUT2D eigenvalue weighted by molar-refractivity contribution is 5.65. The molecule has 0 fully saturated rings. The van der Waals surface area contributed by atoms with Crippen LogP contribution in [0.4, 0.5) is 11.4 Å². The number of nitrogens with zero attached hydrogens (tertiary/aromatic N) is 1. The lowest BCUT2D eigenvalue weighted by Gasteiger charge is -2.14. The number of nitro benzene ring substituents is 1. The highest BCUT2D eigenvalue weighted by Crippen LogP contribution is 2.29. The number of anilines is 1. The zero-order valence-electron chi connectivity index (χ0n) is 10.5. The van der Waals surface area contributed by atoms with Crippen LogP contribution in [0.25, 0.3) is 0 Å². The van der Waals surface area contributed by atoms with Gasteiger partial charge < -0.3 is 10.1 Å². The topological polar surface area (TPSA) is 64.4 Å². The van der Waals surface area contributed by atoms with E-state index in [4.69, 9.17) is 11.2 Å². The van der Waals surface area contributed by atoms with Crippen LogP contribution in [0.15, 0.2) is 18.2 Å². The molecule has 18 heavy (non-hydrogen) atoms. The highest BCUT2D eigenvalue weighted by atomic mass is 16.6. The Morgan fingerprint density at radius 3 is 2.83 bits per heavy atom. The second-order valence-electron chi connectivity index (χ2n) is 3.79. The van der Waals surface area contributed by atoms with Crippen molar-refractivity contribution in [3.05, 3.63) is 28.3 Å². The van der Waals surface area contributed by atoms with Crippen molar-refractivity contribution >= 4 is 11.4 Å². The highest BCUT2D eigenvalue weighted by Gasteiger charge is 2.16. The van der Waals surface area contributed by atoms with Crippen molar-refractivity contribution in [3.8, 4) is 18.1 Å². The van der Waals surface area contributed by atoms with Gasteiger partial charge in [0.1, 0.15) is 11.4 Å². The van der Waals surface area contributed by atoms with Gasteiger partial charge in [-0.25, -0.2) is 0 Å². The number of ether oxygens (including phenoxy) is 1. The van der Waals surface area contributed by atoms with Gasteiger partial charge in [0, 0.05) is 12.1 Å². The molecule has 0 saturated heterocycles. The molecule has 5 heteroatoms. The van der Waals surface area contributed by atoms with E-state index in [9.17, 15) is 10.1 Å². The summed E-state index contributed by atoms with van der Waals surface area (Å²) in [6.07, 6.45) is 7.05. The summed E-state index contributed by atoms with van der Waals surface area (Å²) in [5, 5.41) is 13.9. The third kappa shape index (κ3) is 3.39. The maximum atomic E-state index is 10.9. The van der Waals surface area contributed by atoms with E-state index < -0.39 is 4.92 Å². The van der Waals surface area contributed by atoms with Crippen LogP contribution in [0.5, 0.6) is 5.75 Å². The summed E-state index contributed by atoms with van der Waals surface area (Å²) in [6.45, 7) is 2.01. The molecule has 0 saturated carbocycles. The SMILES string of the molecule is C#CC(CCC)Nc1cc(OC)ccc1[N+](=O)[O-]. The average molecular weight is 248 g/mol. The Morgan fingerprint density at radius 1 is 1.61 bits per heavy atom. The van der Waals surface area contributed by atoms with Crippen molar-refractivity contribution in [2.24, 2.45) is 0 Å². The van der Waals surface area contributed by atoms with Crippen molar-refractivity contribution < 1.29 is 9.66 Å². The van der Waals surface area contributed by atoms with Gasteiger partial charge in [0.25, 0.3) is 5.69 Å². The van der Waals surface area contributed by atoms with Crippen molar-refractivity contribution in [2.75, 3.05) is 12.4 Å². The first-order valence-corrected chi connectivity index (χ1v) is 5.67. The van der Waals surface area contributed by atoms with Crippen molar-refractivity contribution in [1.29, 1.82) is 0 Å². The van der Waals surface area contributed by atoms with Gasteiger partial charge in [-0.3, -0.25) is 10.1 Å². The Kier molecular flexibility index (Phi) is 5.00. The molecule has 0 amide bonds. The van der Waals surface area contributed by atoms with Crippen LogP contribution in [-0.2, 0) is 0 Å². The number of hydrogen-bond acceptors (Lipinski definition) is 4. The smallest absolute Gasteiger partial charge is 0.292 e. The summed E-state index contributed by atoms with van der Waals surface area (Å²) in [5.74, 6) is 3.13. The van der Waals surface area contributed by atoms with E-state index in [1.54, 1.807) is 12.1 Å². The summed E-state index contributed by atoms with van der Waals surface area (Å²) in [4.78, 5) is 10.5. The van der Waals surface area contributed by atoms with Crippen molar-refractivity contribution in [1.82, 2.24) is 0 Å². The van der Waals surface area contributed by atoms with Crippen LogP contribution in [0.3, 0.4) is 0 Å². The van der Waals surface area contributed by atoms with Crippen LogP contribution >= 0.6 is 0 Å². The Hall–Kier alpha value is -2.22. The maximum absolute atomic E-state index is 10.9. The molecular formula is C13H16N2O3. The quantitative estimate of drug-likeness (QED) is 0.477. The molecule has 0 spiro atoms. The first-order valence-electron chi connectivity index (χ1n) is 5.67. The van der Waals surface area contributed by atoms with E-state index in [0.29, 0.717) is 11.4 Å². The molecule has 0 radical (unpaired) electrons. The number of hydrogen-bond donors (Lipinski definition) is 1. The van der Waals surface area contributed by atoms with Crippen LogP contribution < -0.4 is 10.1 Å². The van der Waals surface area contributed by atoms with Gasteiger partial charge in [-0.2, -0.15) is 0 Å². The van der Waals surface area contributed by atoms with Crippen LogP contribution in [0.2, 0.25) is 0 Å². The first-order chi connectivity index (χ1) is 8.62. The molecule has 96 valence electrons. The van der Waals surface area contributed by atoms with E-state index in [0.717, 1.165) is 12.8 Å². The largest absolute Gasteiger partial charge is 0.497 e. The Morgan fingerprint density at radius 2 is 2.33 bits per heavy atom. The monoisotopic (exact) mass is 248 g/mol. The van der Waals surface area contributed by atoms with Gasteiger partial charge in [-0.05, 0) is 12.5 Å². The fraction of sp³-hybridized carbons (Fsp3) is 0.385. The van der Waals surface area contributed by atoms with Gasteiger partial charge in [0.2, 0.25) is 0 Å². The molecule has 1 unspecified atom stereocenters. The molecule has 0 heterocycles. The van der Waals surface area contributed by atoms with Crippen LogP contribution in [0.1, 0.15) is 19.8 Å². The lowest BCUT2D eigenvalue weighted by Crippen LogP contribution is -2.17. The molecule has 5 nitrogen and oxygen atoms in total. The Labute approximate surface area is 106 Å². The third-order valence-corrected chi connectivity index (χ3v) is 2.51. The molecule has 1 aromatic rings. The fourth-order valence-corrected chi connectivity index (χ4v) is 1.59. The molecule has 0 aliphatic rings. The number of nitro groups is 1. The summed E-state index contributed by atoms with van der Waals surface area (Å²) >= 11 is 0. The Balaban J connectivity index is 3.04. The third-order valence-electron chi connectivity index (χ3n) is 2.51. The normalized spacial score (nSPS) is 11.4.